The van der Waals surface area contributed by atoms with Crippen molar-refractivity contribution in [3.05, 3.63) is 70.8 Å². The van der Waals surface area contributed by atoms with Gasteiger partial charge in [0.25, 0.3) is 5.91 Å². The highest BCUT2D eigenvalue weighted by Crippen LogP contribution is 2.16. The lowest BCUT2D eigenvalue weighted by atomic mass is 10.0. The van der Waals surface area contributed by atoms with Crippen molar-refractivity contribution >= 4 is 11.8 Å². The molecule has 150 valence electrons. The first kappa shape index (κ1) is 21.5. The van der Waals surface area contributed by atoms with Gasteiger partial charge in [-0.15, -0.1) is 0 Å². The molecular weight excluding hydrogens is 362 g/mol. The van der Waals surface area contributed by atoms with E-state index in [-0.39, 0.29) is 12.0 Å². The van der Waals surface area contributed by atoms with Crippen LogP contribution in [0.5, 0.6) is 0 Å². The zero-order valence-electron chi connectivity index (χ0n) is 16.6. The van der Waals surface area contributed by atoms with Crippen LogP contribution in [0.25, 0.3) is 0 Å². The van der Waals surface area contributed by atoms with Gasteiger partial charge in [0.2, 0.25) is 5.91 Å². The number of amides is 2. The highest BCUT2D eigenvalue weighted by atomic mass is 19.1. The molecule has 2 atom stereocenters. The van der Waals surface area contributed by atoms with Crippen molar-refractivity contribution in [2.45, 2.75) is 46.2 Å². The monoisotopic (exact) mass is 388 g/mol. The maximum atomic E-state index is 13.8. The molecule has 0 fully saturated rings. The molecule has 2 aromatic carbocycles. The van der Waals surface area contributed by atoms with Crippen LogP contribution < -0.4 is 10.6 Å². The Morgan fingerprint density at radius 3 is 2.00 bits per heavy atom. The third-order valence-corrected chi connectivity index (χ3v) is 4.67. The molecule has 2 amide bonds. The van der Waals surface area contributed by atoms with E-state index in [1.165, 1.54) is 11.6 Å². The molecule has 2 unspecified atom stereocenters. The topological polar surface area (TPSA) is 58.2 Å². The van der Waals surface area contributed by atoms with E-state index in [9.17, 15) is 18.4 Å². The average Bonchev–Trinajstić information content (AvgIpc) is 2.65. The Morgan fingerprint density at radius 2 is 1.50 bits per heavy atom. The van der Waals surface area contributed by atoms with Gasteiger partial charge in [0.1, 0.15) is 23.2 Å². The lowest BCUT2D eigenvalue weighted by molar-refractivity contribution is -0.124. The molecule has 6 heteroatoms. The van der Waals surface area contributed by atoms with Gasteiger partial charge in [-0.25, -0.2) is 8.78 Å². The number of hydrogen-bond donors (Lipinski definition) is 2. The zero-order chi connectivity index (χ0) is 20.8. The Labute approximate surface area is 164 Å². The van der Waals surface area contributed by atoms with Gasteiger partial charge in [0, 0.05) is 0 Å². The molecule has 0 spiro atoms. The minimum absolute atomic E-state index is 0.270. The molecule has 0 bridgehead atoms. The third-order valence-electron chi connectivity index (χ3n) is 4.67. The van der Waals surface area contributed by atoms with Crippen LogP contribution in [0.2, 0.25) is 0 Å². The van der Waals surface area contributed by atoms with Gasteiger partial charge in [-0.2, -0.15) is 0 Å². The molecule has 0 aromatic heterocycles. The number of carbonyl (C=O) groups excluding carboxylic acids is 2. The summed E-state index contributed by atoms with van der Waals surface area (Å²) in [5.41, 5.74) is 1.44. The second-order valence-corrected chi connectivity index (χ2v) is 7.12. The first-order valence-electron chi connectivity index (χ1n) is 9.38. The lowest BCUT2D eigenvalue weighted by Crippen LogP contribution is -2.50. The van der Waals surface area contributed by atoms with Crippen LogP contribution in [0.3, 0.4) is 0 Å². The van der Waals surface area contributed by atoms with Crippen LogP contribution in [0.1, 0.15) is 55.2 Å². The smallest absolute Gasteiger partial charge is 0.257 e. The summed E-state index contributed by atoms with van der Waals surface area (Å²) in [6.07, 6.45) is 0.926. The van der Waals surface area contributed by atoms with Crippen LogP contribution in [0.15, 0.2) is 42.5 Å². The molecule has 0 saturated heterocycles. The minimum Gasteiger partial charge on any atom is -0.348 e. The first-order chi connectivity index (χ1) is 13.2. The number of hydrogen-bond acceptors (Lipinski definition) is 2. The number of benzene rings is 2. The predicted molar refractivity (Wildman–Crippen MR) is 105 cm³/mol. The summed E-state index contributed by atoms with van der Waals surface area (Å²) in [4.78, 5) is 25.1. The molecule has 0 aliphatic rings. The molecule has 0 aliphatic heterocycles. The van der Waals surface area contributed by atoms with E-state index in [0.717, 1.165) is 24.1 Å². The van der Waals surface area contributed by atoms with E-state index in [1.54, 1.807) is 13.8 Å². The summed E-state index contributed by atoms with van der Waals surface area (Å²) in [5, 5.41) is 5.32. The predicted octanol–water partition coefficient (Wildman–Crippen LogP) is 4.16. The molecule has 2 aromatic rings. The Hall–Kier alpha value is -2.76. The van der Waals surface area contributed by atoms with Gasteiger partial charge in [-0.1, -0.05) is 51.1 Å². The first-order valence-corrected chi connectivity index (χ1v) is 9.38. The largest absolute Gasteiger partial charge is 0.348 e. The SMILES string of the molecule is CCc1ccc(C(C)NC(=O)C(NC(=O)c2c(F)cccc2F)C(C)C)cc1. The van der Waals surface area contributed by atoms with Gasteiger partial charge >= 0.3 is 0 Å². The summed E-state index contributed by atoms with van der Waals surface area (Å²) in [6, 6.07) is 9.88. The van der Waals surface area contributed by atoms with Gasteiger partial charge in [-0.05, 0) is 42.5 Å². The van der Waals surface area contributed by atoms with Crippen LogP contribution >= 0.6 is 0 Å². The zero-order valence-corrected chi connectivity index (χ0v) is 16.6. The van der Waals surface area contributed by atoms with Gasteiger partial charge in [0.05, 0.1) is 6.04 Å². The number of rotatable bonds is 7. The summed E-state index contributed by atoms with van der Waals surface area (Å²) >= 11 is 0. The minimum atomic E-state index is -0.968. The number of nitrogens with one attached hydrogen (secondary N) is 2. The summed E-state index contributed by atoms with van der Waals surface area (Å²) < 4.78 is 27.7. The maximum absolute atomic E-state index is 13.8. The summed E-state index contributed by atoms with van der Waals surface area (Å²) in [5.74, 6) is -3.57. The van der Waals surface area contributed by atoms with Crippen LogP contribution in [0.4, 0.5) is 8.78 Å². The van der Waals surface area contributed by atoms with Crippen molar-refractivity contribution in [2.24, 2.45) is 5.92 Å². The van der Waals surface area contributed by atoms with Gasteiger partial charge < -0.3 is 10.6 Å². The second kappa shape index (κ2) is 9.44. The highest BCUT2D eigenvalue weighted by Gasteiger charge is 2.28. The van der Waals surface area contributed by atoms with Crippen molar-refractivity contribution in [1.29, 1.82) is 0 Å². The summed E-state index contributed by atoms with van der Waals surface area (Å²) in [6.45, 7) is 7.41. The molecule has 2 N–H and O–H groups in total. The molecular formula is C22H26F2N2O2. The Bertz CT molecular complexity index is 815. The second-order valence-electron chi connectivity index (χ2n) is 7.12. The molecule has 4 nitrogen and oxygen atoms in total. The van der Waals surface area contributed by atoms with E-state index in [1.807, 2.05) is 31.2 Å². The van der Waals surface area contributed by atoms with Crippen molar-refractivity contribution in [2.75, 3.05) is 0 Å². The quantitative estimate of drug-likeness (QED) is 0.748. The summed E-state index contributed by atoms with van der Waals surface area (Å²) in [7, 11) is 0. The highest BCUT2D eigenvalue weighted by molar-refractivity contribution is 5.98. The fourth-order valence-electron chi connectivity index (χ4n) is 2.89. The van der Waals surface area contributed by atoms with Gasteiger partial charge in [0.15, 0.2) is 0 Å². The number of halogens is 2. The number of aryl methyl sites for hydroxylation is 1. The Morgan fingerprint density at radius 1 is 0.929 bits per heavy atom. The van der Waals surface area contributed by atoms with E-state index in [4.69, 9.17) is 0 Å². The van der Waals surface area contributed by atoms with E-state index < -0.39 is 35.1 Å². The molecule has 2 rings (SSSR count). The van der Waals surface area contributed by atoms with E-state index in [0.29, 0.717) is 0 Å². The Kier molecular flexibility index (Phi) is 7.26. The normalized spacial score (nSPS) is 13.1. The van der Waals surface area contributed by atoms with Crippen LogP contribution in [-0.4, -0.2) is 17.9 Å². The fourth-order valence-corrected chi connectivity index (χ4v) is 2.89. The molecule has 0 radical (unpaired) electrons. The molecule has 0 saturated carbocycles. The fraction of sp³-hybridized carbons (Fsp3) is 0.364. The average molecular weight is 388 g/mol. The number of carbonyl (C=O) groups is 2. The van der Waals surface area contributed by atoms with Gasteiger partial charge in [-0.3, -0.25) is 9.59 Å². The van der Waals surface area contributed by atoms with Crippen LogP contribution in [-0.2, 0) is 11.2 Å². The van der Waals surface area contributed by atoms with Crippen LogP contribution in [0, 0.1) is 17.6 Å². The Balaban J connectivity index is 2.12. The van der Waals surface area contributed by atoms with E-state index in [2.05, 4.69) is 17.6 Å². The van der Waals surface area contributed by atoms with E-state index >= 15 is 0 Å². The maximum Gasteiger partial charge on any atom is 0.257 e. The lowest BCUT2D eigenvalue weighted by Gasteiger charge is -2.24. The molecule has 28 heavy (non-hydrogen) atoms. The molecule has 0 aliphatic carbocycles. The standard InChI is InChI=1S/C22H26F2N2O2/c1-5-15-9-11-16(12-10-15)14(4)25-22(28)20(13(2)3)26-21(27)19-17(23)7-6-8-18(19)24/h6-14,20H,5H2,1-4H3,(H,25,28)(H,26,27). The third kappa shape index (κ3) is 5.15. The molecule has 0 heterocycles. The van der Waals surface area contributed by atoms with Crippen molar-refractivity contribution in [3.63, 3.8) is 0 Å². The van der Waals surface area contributed by atoms with Crippen molar-refractivity contribution < 1.29 is 18.4 Å². The van der Waals surface area contributed by atoms with Crippen molar-refractivity contribution in [1.82, 2.24) is 10.6 Å². The van der Waals surface area contributed by atoms with Crippen molar-refractivity contribution in [3.8, 4) is 0 Å².